The molecule has 14 rings (SSSR count). The van der Waals surface area contributed by atoms with Gasteiger partial charge >= 0.3 is 0 Å². The summed E-state index contributed by atoms with van der Waals surface area (Å²) in [4.78, 5) is 0. The first-order chi connectivity index (χ1) is 36.5. The van der Waals surface area contributed by atoms with Gasteiger partial charge in [0, 0.05) is 42.2 Å². The third-order valence-corrected chi connectivity index (χ3v) is 12.6. The minimum Gasteiger partial charge on any atom is -0.310 e. The normalized spacial score (nSPS) is 18.5. The van der Waals surface area contributed by atoms with Gasteiger partial charge in [0.1, 0.15) is 0 Å². The van der Waals surface area contributed by atoms with Crippen molar-refractivity contribution in [1.29, 1.82) is 0 Å². The lowest BCUT2D eigenvalue weighted by atomic mass is 9.94. The summed E-state index contributed by atoms with van der Waals surface area (Å²) in [5.74, 6) is 0. The largest absolute Gasteiger partial charge is 0.310 e. The summed E-state index contributed by atoms with van der Waals surface area (Å²) in [6.07, 6.45) is -4.62. The molecule has 13 aromatic rings. The molecule has 288 valence electrons. The first-order valence-corrected chi connectivity index (χ1v) is 20.5. The highest BCUT2D eigenvalue weighted by Crippen LogP contribution is 2.40. The number of aromatic nitrogens is 2. The number of hydrogen-bond donors (Lipinski definition) is 0. The van der Waals surface area contributed by atoms with Crippen molar-refractivity contribution in [3.63, 3.8) is 0 Å². The van der Waals surface area contributed by atoms with E-state index in [4.69, 9.17) is 5.48 Å². The lowest BCUT2D eigenvalue weighted by Gasteiger charge is -2.14. The smallest absolute Gasteiger partial charge is 0.0645 e. The summed E-state index contributed by atoms with van der Waals surface area (Å²) in [7, 11) is 0. The molecule has 0 fully saturated rings. The monoisotopic (exact) mass is 800 g/mol. The highest BCUT2D eigenvalue weighted by Gasteiger charge is 2.18. The van der Waals surface area contributed by atoms with Crippen LogP contribution < -0.4 is 10.6 Å². The Morgan fingerprint density at radius 1 is 0.371 bits per heavy atom. The minimum absolute atomic E-state index is 0.00863. The molecule has 11 aromatic carbocycles. The van der Waals surface area contributed by atoms with Crippen molar-refractivity contribution in [3.05, 3.63) is 204 Å². The molecule has 62 heavy (non-hydrogen) atoms. The molecule has 0 saturated heterocycles. The molecule has 0 bridgehead atoms. The van der Waals surface area contributed by atoms with Gasteiger partial charge in [-0.2, -0.15) is 0 Å². The average Bonchev–Trinajstić information content (AvgIpc) is 4.22. The molecule has 0 aliphatic heterocycles. The van der Waals surface area contributed by atoms with Gasteiger partial charge < -0.3 is 9.13 Å². The number of rotatable bonds is 3. The van der Waals surface area contributed by atoms with Crippen LogP contribution in [-0.2, 0) is 0 Å². The van der Waals surface area contributed by atoms with E-state index in [-0.39, 0.29) is 61.4 Å². The molecule has 1 atom stereocenters. The van der Waals surface area contributed by atoms with Crippen LogP contribution in [0.2, 0.25) is 0 Å². The quantitative estimate of drug-likeness (QED) is 0.158. The molecule has 2 aromatic heterocycles. The van der Waals surface area contributed by atoms with E-state index in [1.807, 2.05) is 121 Å². The van der Waals surface area contributed by atoms with Crippen molar-refractivity contribution in [2.24, 2.45) is 0 Å². The number of hydrogen-bond acceptors (Lipinski definition) is 0. The summed E-state index contributed by atoms with van der Waals surface area (Å²) in [5, 5.41) is 10.8. The molecule has 0 amide bonds. The molecule has 0 saturated carbocycles. The Balaban J connectivity index is 1.10. The zero-order valence-electron chi connectivity index (χ0n) is 46.8. The highest BCUT2D eigenvalue weighted by atomic mass is 15.0. The summed E-state index contributed by atoms with van der Waals surface area (Å²) >= 11 is 0. The second-order valence-corrected chi connectivity index (χ2v) is 15.8. The average molecular weight is 801 g/mol. The molecule has 0 spiro atoms. The Hall–Kier alpha value is -7.94. The Morgan fingerprint density at radius 2 is 0.823 bits per heavy atom. The van der Waals surface area contributed by atoms with Crippen molar-refractivity contribution in [3.8, 4) is 22.5 Å². The van der Waals surface area contributed by atoms with Crippen molar-refractivity contribution in [2.45, 2.75) is 12.8 Å². The van der Waals surface area contributed by atoms with Crippen LogP contribution in [0.4, 0.5) is 0 Å². The number of nitrogens with zero attached hydrogens (tertiary/aromatic N) is 2. The fourth-order valence-corrected chi connectivity index (χ4v) is 9.96. The number of fused-ring (bicyclic) bond motifs is 18. The summed E-state index contributed by atoms with van der Waals surface area (Å²) < 4.78 is 136. The topological polar surface area (TPSA) is 9.86 Å². The molecule has 2 heteroatoms. The van der Waals surface area contributed by atoms with Gasteiger partial charge in [-0.3, -0.25) is 0 Å². The van der Waals surface area contributed by atoms with Gasteiger partial charge in [0.15, 0.2) is 0 Å². The Labute approximate surface area is 376 Å². The predicted molar refractivity (Wildman–Crippen MR) is 265 cm³/mol. The van der Waals surface area contributed by atoms with E-state index in [9.17, 15) is 13.7 Å². The maximum Gasteiger partial charge on any atom is 0.0645 e. The predicted octanol–water partition coefficient (Wildman–Crippen LogP) is 14.7. The van der Waals surface area contributed by atoms with E-state index in [1.165, 1.54) is 10.6 Å². The fraction of sp³-hybridized carbons (Fsp3) is 0.0333. The van der Waals surface area contributed by atoms with Crippen LogP contribution in [0.5, 0.6) is 0 Å². The second kappa shape index (κ2) is 12.8. The highest BCUT2D eigenvalue weighted by molar-refractivity contribution is 6.27. The van der Waals surface area contributed by atoms with E-state index in [1.54, 1.807) is 10.6 Å². The maximum absolute atomic E-state index is 10.1. The van der Waals surface area contributed by atoms with E-state index >= 15 is 0 Å². The molecule has 1 unspecified atom stereocenters. The zero-order chi connectivity index (χ0) is 52.7. The maximum atomic E-state index is 10.1. The second-order valence-electron chi connectivity index (χ2n) is 15.8. The lowest BCUT2D eigenvalue weighted by molar-refractivity contribution is 1.03. The van der Waals surface area contributed by atoms with Gasteiger partial charge in [0.25, 0.3) is 0 Å². The van der Waals surface area contributed by atoms with Gasteiger partial charge in [-0.25, -0.2) is 0 Å². The number of benzene rings is 11. The van der Waals surface area contributed by atoms with Gasteiger partial charge in [0.2, 0.25) is 0 Å². The fourth-order valence-electron chi connectivity index (χ4n) is 9.96. The molecule has 0 radical (unpaired) electrons. The zero-order valence-corrected chi connectivity index (χ0v) is 32.8. The third-order valence-electron chi connectivity index (χ3n) is 12.6. The van der Waals surface area contributed by atoms with Crippen molar-refractivity contribution in [2.75, 3.05) is 0 Å². The van der Waals surface area contributed by atoms with Crippen LogP contribution in [0.25, 0.3) is 132 Å². The van der Waals surface area contributed by atoms with E-state index in [0.717, 1.165) is 64.6 Å². The SMILES string of the molecule is [2H]C1=c2c(n(-c3ccc4c5ccccc5c5ccccc5c4c3)c3c([2H])c([2H])c(-c4c([2H])c([2H])c5c(c4[2H])c4c([2H])c([2H])cc([2H])c4n5-c4ccc5c6ccccc6c6ccccc6c5c4)c([2H])c23)=C([2H])C([2H])([2H])C1[2H]. The van der Waals surface area contributed by atoms with E-state index in [0.29, 0.717) is 11.4 Å². The molecule has 2 heterocycles. The van der Waals surface area contributed by atoms with Crippen LogP contribution in [0.3, 0.4) is 0 Å². The van der Waals surface area contributed by atoms with Gasteiger partial charge in [-0.1, -0.05) is 152 Å². The molecular weight excluding hydrogens is 749 g/mol. The van der Waals surface area contributed by atoms with E-state index < -0.39 is 72.3 Å². The van der Waals surface area contributed by atoms with Gasteiger partial charge in [-0.05, 0) is 143 Å². The molecule has 1 aliphatic carbocycles. The van der Waals surface area contributed by atoms with Crippen LogP contribution in [0.1, 0.15) is 32.0 Å². The van der Waals surface area contributed by atoms with Crippen molar-refractivity contribution >= 4 is 109 Å². The Kier molecular flexibility index (Phi) is 4.78. The van der Waals surface area contributed by atoms with Crippen molar-refractivity contribution < 1.29 is 19.2 Å². The molecule has 0 N–H and O–H groups in total. The number of para-hydroxylation sites is 1. The van der Waals surface area contributed by atoms with Crippen LogP contribution in [0, 0.1) is 0 Å². The third kappa shape index (κ3) is 4.69. The molecule has 2 nitrogen and oxygen atoms in total. The summed E-state index contributed by atoms with van der Waals surface area (Å²) in [6, 6.07) is 39.0. The molecule has 1 aliphatic rings. The van der Waals surface area contributed by atoms with Crippen molar-refractivity contribution in [1.82, 2.24) is 9.13 Å². The van der Waals surface area contributed by atoms with Crippen LogP contribution >= 0.6 is 0 Å². The first-order valence-electron chi connectivity index (χ1n) is 27.6. The summed E-state index contributed by atoms with van der Waals surface area (Å²) in [6.45, 7) is 0. The van der Waals surface area contributed by atoms with Gasteiger partial charge in [0.05, 0.1) is 31.6 Å². The molecular formula is C60H38N2. The Morgan fingerprint density at radius 3 is 1.37 bits per heavy atom. The lowest BCUT2D eigenvalue weighted by Crippen LogP contribution is -2.30. The summed E-state index contributed by atoms with van der Waals surface area (Å²) in [5.41, 5.74) is -0.0284. The minimum atomic E-state index is -2.69. The standard InChI is InChI=1S/C60H38N2/c1-3-17-45-41(13-1)43-15-5-7-19-47(43)53-35-39(27-29-49(45)53)61-57-23-11-9-21-51(57)55-33-37(25-31-59(55)61)38-26-32-60-56(34-38)52-22-10-12-24-58(52)62(60)40-28-30-50-46-18-4-2-14-42(46)44-16-6-8-20-48(44)54(50)36-40/h1-9,11,13-36H,10,12H2/i9D,10D,12D2,21D,22D,23D,24D,25D,26D,31D,32D,33D,34D. The Bertz CT molecular complexity index is 4950. The van der Waals surface area contributed by atoms with Crippen LogP contribution in [-0.4, -0.2) is 9.13 Å². The van der Waals surface area contributed by atoms with Gasteiger partial charge in [-0.15, -0.1) is 0 Å². The first kappa shape index (κ1) is 23.2. The van der Waals surface area contributed by atoms with E-state index in [2.05, 4.69) is 6.07 Å². The van der Waals surface area contributed by atoms with Crippen LogP contribution in [0.15, 0.2) is 194 Å².